The molecule has 8 heteroatoms. The van der Waals surface area contributed by atoms with Crippen LogP contribution >= 0.6 is 0 Å². The molecule has 0 fully saturated rings. The van der Waals surface area contributed by atoms with Gasteiger partial charge in [-0.15, -0.1) is 0 Å². The molecule has 0 saturated carbocycles. The Kier molecular flexibility index (Phi) is 5.67. The van der Waals surface area contributed by atoms with Crippen LogP contribution in [0.5, 0.6) is 0 Å². The second kappa shape index (κ2) is 7.91. The number of anilines is 2. The first-order valence-corrected chi connectivity index (χ1v) is 7.49. The van der Waals surface area contributed by atoms with Crippen LogP contribution in [0, 0.1) is 10.1 Å². The van der Waals surface area contributed by atoms with E-state index in [2.05, 4.69) is 5.32 Å². The van der Waals surface area contributed by atoms with Crippen LogP contribution in [0.4, 0.5) is 17.1 Å². The Morgan fingerprint density at radius 2 is 1.88 bits per heavy atom. The third kappa shape index (κ3) is 4.31. The maximum Gasteiger partial charge on any atom is 0.305 e. The van der Waals surface area contributed by atoms with Gasteiger partial charge in [-0.3, -0.25) is 19.7 Å². The molecule has 0 aliphatic rings. The molecule has 25 heavy (non-hydrogen) atoms. The number of rotatable bonds is 7. The smallest absolute Gasteiger partial charge is 0.305 e. The average molecular weight is 343 g/mol. The predicted octanol–water partition coefficient (Wildman–Crippen LogP) is 2.76. The number of carboxylic acids is 1. The molecule has 0 spiro atoms. The van der Waals surface area contributed by atoms with E-state index in [0.29, 0.717) is 11.4 Å². The second-order valence-corrected chi connectivity index (χ2v) is 5.18. The van der Waals surface area contributed by atoms with Crippen LogP contribution in [-0.2, 0) is 4.79 Å². The number of carbonyl (C=O) groups excluding carboxylic acids is 1. The van der Waals surface area contributed by atoms with Gasteiger partial charge >= 0.3 is 5.97 Å². The van der Waals surface area contributed by atoms with Crippen molar-refractivity contribution in [2.24, 2.45) is 0 Å². The first-order chi connectivity index (χ1) is 11.9. The largest absolute Gasteiger partial charge is 0.481 e. The van der Waals surface area contributed by atoms with Crippen LogP contribution in [0.1, 0.15) is 16.8 Å². The lowest BCUT2D eigenvalue weighted by Crippen LogP contribution is -2.33. The van der Waals surface area contributed by atoms with Crippen molar-refractivity contribution in [3.05, 3.63) is 64.2 Å². The number of para-hydroxylation sites is 1. The summed E-state index contributed by atoms with van der Waals surface area (Å²) >= 11 is 0. The van der Waals surface area contributed by atoms with E-state index in [1.54, 1.807) is 37.4 Å². The lowest BCUT2D eigenvalue weighted by Gasteiger charge is -2.22. The Hall–Kier alpha value is -3.42. The minimum atomic E-state index is -1.04. The van der Waals surface area contributed by atoms with Gasteiger partial charge in [-0.25, -0.2) is 0 Å². The van der Waals surface area contributed by atoms with E-state index < -0.39 is 16.8 Å². The summed E-state index contributed by atoms with van der Waals surface area (Å²) < 4.78 is 0. The number of aliphatic carboxylic acids is 1. The normalized spacial score (nSPS) is 10.1. The molecule has 130 valence electrons. The standard InChI is InChI=1S/C17H17N3O5/c1-18-14-8-7-12(11-15(14)20(24)25)17(23)19(10-9-16(21)22)13-5-3-2-4-6-13/h2-8,11,18H,9-10H2,1H3,(H,21,22). The molecule has 0 radical (unpaired) electrons. The van der Waals surface area contributed by atoms with Crippen molar-refractivity contribution in [3.8, 4) is 0 Å². The predicted molar refractivity (Wildman–Crippen MR) is 93.0 cm³/mol. The van der Waals surface area contributed by atoms with E-state index in [1.807, 2.05) is 0 Å². The minimum absolute atomic E-state index is 0.0419. The summed E-state index contributed by atoms with van der Waals surface area (Å²) in [5.41, 5.74) is 0.701. The van der Waals surface area contributed by atoms with Gasteiger partial charge in [0, 0.05) is 30.9 Å². The Bertz CT molecular complexity index is 792. The lowest BCUT2D eigenvalue weighted by molar-refractivity contribution is -0.384. The maximum atomic E-state index is 12.8. The molecule has 2 rings (SSSR count). The van der Waals surface area contributed by atoms with Gasteiger partial charge < -0.3 is 15.3 Å². The molecule has 0 atom stereocenters. The molecule has 8 nitrogen and oxygen atoms in total. The SMILES string of the molecule is CNc1ccc(C(=O)N(CCC(=O)O)c2ccccc2)cc1[N+](=O)[O-]. The lowest BCUT2D eigenvalue weighted by atomic mass is 10.1. The first kappa shape index (κ1) is 17.9. The van der Waals surface area contributed by atoms with Crippen LogP contribution in [0.3, 0.4) is 0 Å². The molecule has 0 saturated heterocycles. The van der Waals surface area contributed by atoms with E-state index >= 15 is 0 Å². The fraction of sp³-hybridized carbons (Fsp3) is 0.176. The van der Waals surface area contributed by atoms with Crippen LogP contribution in [0.15, 0.2) is 48.5 Å². The number of benzene rings is 2. The molecule has 0 aliphatic carbocycles. The minimum Gasteiger partial charge on any atom is -0.481 e. The molecule has 2 aromatic carbocycles. The number of hydrogen-bond donors (Lipinski definition) is 2. The van der Waals surface area contributed by atoms with Crippen LogP contribution in [0.25, 0.3) is 0 Å². The number of carbonyl (C=O) groups is 2. The number of nitrogens with one attached hydrogen (secondary N) is 1. The number of nitro benzene ring substituents is 1. The number of amides is 1. The summed E-state index contributed by atoms with van der Waals surface area (Å²) in [6.07, 6.45) is -0.239. The molecular formula is C17H17N3O5. The van der Waals surface area contributed by atoms with Crippen molar-refractivity contribution < 1.29 is 19.6 Å². The third-order valence-electron chi connectivity index (χ3n) is 3.57. The number of hydrogen-bond acceptors (Lipinski definition) is 5. The highest BCUT2D eigenvalue weighted by molar-refractivity contribution is 6.07. The fourth-order valence-electron chi connectivity index (χ4n) is 2.35. The number of carboxylic acid groups (broad SMARTS) is 1. The van der Waals surface area contributed by atoms with Crippen molar-refractivity contribution in [1.29, 1.82) is 0 Å². The van der Waals surface area contributed by atoms with E-state index in [-0.39, 0.29) is 24.2 Å². The molecule has 2 N–H and O–H groups in total. The van der Waals surface area contributed by atoms with Crippen molar-refractivity contribution in [2.45, 2.75) is 6.42 Å². The Morgan fingerprint density at radius 3 is 2.44 bits per heavy atom. The molecule has 0 aromatic heterocycles. The maximum absolute atomic E-state index is 12.8. The molecular weight excluding hydrogens is 326 g/mol. The molecule has 0 aliphatic heterocycles. The Morgan fingerprint density at radius 1 is 1.20 bits per heavy atom. The van der Waals surface area contributed by atoms with Crippen molar-refractivity contribution in [1.82, 2.24) is 0 Å². The summed E-state index contributed by atoms with van der Waals surface area (Å²) in [5, 5.41) is 22.8. The monoisotopic (exact) mass is 343 g/mol. The van der Waals surface area contributed by atoms with Gasteiger partial charge in [0.2, 0.25) is 0 Å². The van der Waals surface area contributed by atoms with Gasteiger partial charge in [-0.2, -0.15) is 0 Å². The van der Waals surface area contributed by atoms with E-state index in [1.165, 1.54) is 23.1 Å². The highest BCUT2D eigenvalue weighted by Crippen LogP contribution is 2.26. The fourth-order valence-corrected chi connectivity index (χ4v) is 2.35. The topological polar surface area (TPSA) is 113 Å². The second-order valence-electron chi connectivity index (χ2n) is 5.18. The van der Waals surface area contributed by atoms with E-state index in [0.717, 1.165) is 0 Å². The van der Waals surface area contributed by atoms with Gasteiger partial charge in [-0.05, 0) is 24.3 Å². The molecule has 0 unspecified atom stereocenters. The zero-order valence-corrected chi connectivity index (χ0v) is 13.5. The van der Waals surface area contributed by atoms with Gasteiger partial charge in [0.1, 0.15) is 5.69 Å². The summed E-state index contributed by atoms with van der Waals surface area (Å²) in [4.78, 5) is 35.6. The van der Waals surface area contributed by atoms with Gasteiger partial charge in [0.05, 0.1) is 11.3 Å². The molecule has 0 heterocycles. The third-order valence-corrected chi connectivity index (χ3v) is 3.57. The van der Waals surface area contributed by atoms with Crippen molar-refractivity contribution in [2.75, 3.05) is 23.8 Å². The first-order valence-electron chi connectivity index (χ1n) is 7.49. The number of nitrogens with zero attached hydrogens (tertiary/aromatic N) is 2. The molecule has 0 bridgehead atoms. The van der Waals surface area contributed by atoms with Gasteiger partial charge in [0.15, 0.2) is 0 Å². The van der Waals surface area contributed by atoms with Gasteiger partial charge in [0.25, 0.3) is 11.6 Å². The highest BCUT2D eigenvalue weighted by atomic mass is 16.6. The quantitative estimate of drug-likeness (QED) is 0.590. The van der Waals surface area contributed by atoms with E-state index in [9.17, 15) is 19.7 Å². The summed E-state index contributed by atoms with van der Waals surface area (Å²) in [7, 11) is 1.55. The summed E-state index contributed by atoms with van der Waals surface area (Å²) in [6.45, 7) is -0.0419. The van der Waals surface area contributed by atoms with Crippen LogP contribution in [-0.4, -0.2) is 35.5 Å². The van der Waals surface area contributed by atoms with Crippen molar-refractivity contribution >= 4 is 28.9 Å². The number of nitro groups is 1. The van der Waals surface area contributed by atoms with Crippen LogP contribution in [0.2, 0.25) is 0 Å². The summed E-state index contributed by atoms with van der Waals surface area (Å²) in [5.74, 6) is -1.54. The van der Waals surface area contributed by atoms with Gasteiger partial charge in [-0.1, -0.05) is 18.2 Å². The van der Waals surface area contributed by atoms with E-state index in [4.69, 9.17) is 5.11 Å². The average Bonchev–Trinajstić information content (AvgIpc) is 2.61. The Balaban J connectivity index is 2.40. The Labute approximate surface area is 143 Å². The van der Waals surface area contributed by atoms with Crippen LogP contribution < -0.4 is 10.2 Å². The summed E-state index contributed by atoms with van der Waals surface area (Å²) in [6, 6.07) is 12.7. The zero-order valence-electron chi connectivity index (χ0n) is 13.5. The molecule has 1 amide bonds. The molecule has 2 aromatic rings. The highest BCUT2D eigenvalue weighted by Gasteiger charge is 2.22. The zero-order chi connectivity index (χ0) is 18.4. The van der Waals surface area contributed by atoms with Crippen molar-refractivity contribution in [3.63, 3.8) is 0 Å².